The fourth-order valence-electron chi connectivity index (χ4n) is 2.24. The zero-order valence-electron chi connectivity index (χ0n) is 12.3. The predicted molar refractivity (Wildman–Crippen MR) is 88.4 cm³/mol. The largest absolute Gasteiger partial charge is 0.403 e. The van der Waals surface area contributed by atoms with Gasteiger partial charge in [0.1, 0.15) is 0 Å². The number of amides is 2. The van der Waals surface area contributed by atoms with Gasteiger partial charge in [0.25, 0.3) is 0 Å². The predicted octanol–water partition coefficient (Wildman–Crippen LogP) is 3.97. The number of anilines is 1. The summed E-state index contributed by atoms with van der Waals surface area (Å²) >= 11 is 11.9. The molecule has 23 heavy (non-hydrogen) atoms. The molecule has 0 radical (unpaired) electrons. The summed E-state index contributed by atoms with van der Waals surface area (Å²) in [5.74, 6) is 0.359. The molecule has 0 atom stereocenters. The number of nitrogens with one attached hydrogen (secondary N) is 1. The number of rotatable bonds is 2. The highest BCUT2D eigenvalue weighted by molar-refractivity contribution is 6.39. The van der Waals surface area contributed by atoms with E-state index < -0.39 is 0 Å². The van der Waals surface area contributed by atoms with Gasteiger partial charge in [0.05, 0.1) is 11.6 Å². The van der Waals surface area contributed by atoms with Crippen molar-refractivity contribution >= 4 is 35.2 Å². The lowest BCUT2D eigenvalue weighted by Gasteiger charge is -2.26. The molecule has 1 aromatic carbocycles. The Balaban J connectivity index is 1.70. The number of carbonyl (C=O) groups excluding carboxylic acids is 1. The molecule has 0 unspecified atom stereocenters. The van der Waals surface area contributed by atoms with E-state index in [-0.39, 0.29) is 18.6 Å². The average molecular weight is 353 g/mol. The maximum absolute atomic E-state index is 12.2. The van der Waals surface area contributed by atoms with Crippen LogP contribution in [0.5, 0.6) is 0 Å². The van der Waals surface area contributed by atoms with Gasteiger partial charge in [-0.25, -0.2) is 4.79 Å². The second-order valence-corrected chi connectivity index (χ2v) is 6.05. The number of aryl methyl sites for hydroxylation is 1. The summed E-state index contributed by atoms with van der Waals surface area (Å²) in [4.78, 5) is 13.7. The van der Waals surface area contributed by atoms with Crippen LogP contribution < -0.4 is 5.32 Å². The molecule has 0 aliphatic carbocycles. The van der Waals surface area contributed by atoms with E-state index in [1.807, 2.05) is 31.2 Å². The summed E-state index contributed by atoms with van der Waals surface area (Å²) in [7, 11) is 0. The Kier molecular flexibility index (Phi) is 4.54. The summed E-state index contributed by atoms with van der Waals surface area (Å²) < 4.78 is 5.51. The number of nitrogens with zero attached hydrogens (tertiary/aromatic N) is 3. The molecule has 2 aromatic rings. The fraction of sp³-hybridized carbons (Fsp3) is 0.267. The second-order valence-electron chi connectivity index (χ2n) is 5.14. The van der Waals surface area contributed by atoms with Gasteiger partial charge in [0.2, 0.25) is 5.89 Å². The van der Waals surface area contributed by atoms with Gasteiger partial charge < -0.3 is 9.32 Å². The minimum atomic E-state index is -0.354. The van der Waals surface area contributed by atoms with E-state index in [4.69, 9.17) is 27.6 Å². The molecule has 8 heteroatoms. The Morgan fingerprint density at radius 1 is 1.26 bits per heavy atom. The molecule has 0 saturated carbocycles. The first-order chi connectivity index (χ1) is 11.0. The molecule has 2 heterocycles. The highest BCUT2D eigenvalue weighted by atomic mass is 35.5. The number of hydrogen-bond donors (Lipinski definition) is 1. The third-order valence-corrected chi connectivity index (χ3v) is 4.39. The molecule has 2 amide bonds. The van der Waals surface area contributed by atoms with Crippen LogP contribution in [0.4, 0.5) is 10.8 Å². The highest BCUT2D eigenvalue weighted by Gasteiger charge is 2.22. The maximum atomic E-state index is 12.2. The normalized spacial score (nSPS) is 15.0. The molecule has 0 bridgehead atoms. The Labute approximate surface area is 143 Å². The Morgan fingerprint density at radius 3 is 2.78 bits per heavy atom. The fourth-order valence-corrected chi connectivity index (χ4v) is 2.62. The summed E-state index contributed by atoms with van der Waals surface area (Å²) in [5, 5.41) is 11.5. The minimum absolute atomic E-state index is 0.0463. The van der Waals surface area contributed by atoms with Crippen LogP contribution >= 0.6 is 23.2 Å². The minimum Gasteiger partial charge on any atom is -0.403 e. The van der Waals surface area contributed by atoms with Crippen LogP contribution in [0.25, 0.3) is 11.5 Å². The molecule has 0 saturated heterocycles. The van der Waals surface area contributed by atoms with Gasteiger partial charge in [0.15, 0.2) is 0 Å². The lowest BCUT2D eigenvalue weighted by Crippen LogP contribution is -2.38. The Hall–Kier alpha value is -2.05. The standard InChI is InChI=1S/C15H14Cl2N4O2/c1-9-4-2-3-5-10(9)13-19-20-14(23-13)18-15(22)21-7-6-11(16)12(17)8-21/h2-5H,6-8H2,1H3,(H,18,20,22). The number of hydrogen-bond acceptors (Lipinski definition) is 4. The lowest BCUT2D eigenvalue weighted by molar-refractivity contribution is 0.215. The Morgan fingerprint density at radius 2 is 2.04 bits per heavy atom. The maximum Gasteiger partial charge on any atom is 0.325 e. The van der Waals surface area contributed by atoms with Crippen molar-refractivity contribution in [3.8, 4) is 11.5 Å². The lowest BCUT2D eigenvalue weighted by atomic mass is 10.1. The summed E-state index contributed by atoms with van der Waals surface area (Å²) in [5.41, 5.74) is 1.84. The van der Waals surface area contributed by atoms with Crippen LogP contribution in [-0.4, -0.2) is 34.2 Å². The van der Waals surface area contributed by atoms with E-state index in [1.54, 1.807) is 0 Å². The smallest absolute Gasteiger partial charge is 0.325 e. The third kappa shape index (κ3) is 3.48. The Bertz CT molecular complexity index is 772. The van der Waals surface area contributed by atoms with Crippen molar-refractivity contribution in [2.75, 3.05) is 18.4 Å². The van der Waals surface area contributed by atoms with E-state index in [0.29, 0.717) is 28.9 Å². The van der Waals surface area contributed by atoms with E-state index in [1.165, 1.54) is 4.90 Å². The molecule has 120 valence electrons. The van der Waals surface area contributed by atoms with Crippen molar-refractivity contribution in [2.45, 2.75) is 13.3 Å². The van der Waals surface area contributed by atoms with Crippen LogP contribution in [0.1, 0.15) is 12.0 Å². The van der Waals surface area contributed by atoms with Gasteiger partial charge in [-0.1, -0.05) is 46.5 Å². The van der Waals surface area contributed by atoms with Crippen LogP contribution in [0.15, 0.2) is 38.7 Å². The number of aromatic nitrogens is 2. The molecule has 1 aromatic heterocycles. The van der Waals surface area contributed by atoms with Crippen molar-refractivity contribution in [3.63, 3.8) is 0 Å². The van der Waals surface area contributed by atoms with E-state index >= 15 is 0 Å². The van der Waals surface area contributed by atoms with Crippen molar-refractivity contribution < 1.29 is 9.21 Å². The number of carbonyl (C=O) groups is 1. The zero-order chi connectivity index (χ0) is 16.4. The van der Waals surface area contributed by atoms with Gasteiger partial charge in [-0.3, -0.25) is 5.32 Å². The van der Waals surface area contributed by atoms with Gasteiger partial charge >= 0.3 is 12.0 Å². The first-order valence-corrected chi connectivity index (χ1v) is 7.78. The molecule has 0 spiro atoms. The van der Waals surface area contributed by atoms with Crippen LogP contribution in [0, 0.1) is 6.92 Å². The van der Waals surface area contributed by atoms with Gasteiger partial charge in [0, 0.05) is 23.6 Å². The molecule has 1 N–H and O–H groups in total. The zero-order valence-corrected chi connectivity index (χ0v) is 13.9. The monoisotopic (exact) mass is 352 g/mol. The second kappa shape index (κ2) is 6.60. The van der Waals surface area contributed by atoms with Gasteiger partial charge in [-0.15, -0.1) is 5.10 Å². The van der Waals surface area contributed by atoms with Crippen molar-refractivity contribution in [2.24, 2.45) is 0 Å². The summed E-state index contributed by atoms with van der Waals surface area (Å²) in [6.45, 7) is 2.70. The SMILES string of the molecule is Cc1ccccc1-c1nnc(NC(=O)N2CCC(Cl)=C(Cl)C2)o1. The highest BCUT2D eigenvalue weighted by Crippen LogP contribution is 2.25. The summed E-state index contributed by atoms with van der Waals surface area (Å²) in [6, 6.07) is 7.33. The first kappa shape index (κ1) is 15.8. The van der Waals surface area contributed by atoms with E-state index in [2.05, 4.69) is 15.5 Å². The molecular weight excluding hydrogens is 339 g/mol. The molecule has 1 aliphatic rings. The van der Waals surface area contributed by atoms with E-state index in [9.17, 15) is 4.79 Å². The van der Waals surface area contributed by atoms with Gasteiger partial charge in [-0.2, -0.15) is 0 Å². The van der Waals surface area contributed by atoms with Crippen molar-refractivity contribution in [1.29, 1.82) is 0 Å². The quantitative estimate of drug-likeness (QED) is 0.887. The van der Waals surface area contributed by atoms with Crippen LogP contribution in [0.2, 0.25) is 0 Å². The van der Waals surface area contributed by atoms with Gasteiger partial charge in [-0.05, 0) is 18.6 Å². The molecule has 3 rings (SSSR count). The molecule has 0 fully saturated rings. The average Bonchev–Trinajstić information content (AvgIpc) is 2.98. The van der Waals surface area contributed by atoms with Crippen molar-refractivity contribution in [3.05, 3.63) is 39.9 Å². The number of benzene rings is 1. The van der Waals surface area contributed by atoms with E-state index in [0.717, 1.165) is 11.1 Å². The number of halogens is 2. The third-order valence-electron chi connectivity index (χ3n) is 3.53. The first-order valence-electron chi connectivity index (χ1n) is 7.03. The van der Waals surface area contributed by atoms with Crippen molar-refractivity contribution in [1.82, 2.24) is 15.1 Å². The molecule has 6 nitrogen and oxygen atoms in total. The summed E-state index contributed by atoms with van der Waals surface area (Å²) in [6.07, 6.45) is 0.534. The molecular formula is C15H14Cl2N4O2. The molecule has 1 aliphatic heterocycles. The van der Waals surface area contributed by atoms with Crippen LogP contribution in [-0.2, 0) is 0 Å². The topological polar surface area (TPSA) is 71.3 Å². The van der Waals surface area contributed by atoms with Crippen LogP contribution in [0.3, 0.4) is 0 Å². The number of urea groups is 1.